The van der Waals surface area contributed by atoms with Gasteiger partial charge in [0.05, 0.1) is 23.6 Å². The molecule has 0 aromatic carbocycles. The number of thiocarbonyl (C=S) groups is 1. The second kappa shape index (κ2) is 7.04. The van der Waals surface area contributed by atoms with Gasteiger partial charge >= 0.3 is 0 Å². The molecule has 0 aliphatic carbocycles. The Morgan fingerprint density at radius 3 is 2.61 bits per heavy atom. The number of rotatable bonds is 4. The molecule has 0 aromatic rings. The maximum Gasteiger partial charge on any atom is 0.233 e. The van der Waals surface area contributed by atoms with Crippen LogP contribution in [0.25, 0.3) is 0 Å². The molecule has 2 unspecified atom stereocenters. The average molecular weight is 272 g/mol. The van der Waals surface area contributed by atoms with Crippen LogP contribution in [0.3, 0.4) is 0 Å². The normalized spacial score (nSPS) is 22.7. The molecule has 0 aromatic heterocycles. The smallest absolute Gasteiger partial charge is 0.233 e. The summed E-state index contributed by atoms with van der Waals surface area (Å²) in [5, 5.41) is 9.44. The van der Waals surface area contributed by atoms with Gasteiger partial charge in [-0.3, -0.25) is 4.79 Å². The maximum atomic E-state index is 12.6. The number of nitrogens with two attached hydrogens (primary N) is 1. The molecule has 0 spiro atoms. The Bertz CT molecular complexity index is 307. The van der Waals surface area contributed by atoms with E-state index in [0.717, 1.165) is 25.7 Å². The lowest BCUT2D eigenvalue weighted by molar-refractivity contribution is -0.137. The van der Waals surface area contributed by atoms with Crippen molar-refractivity contribution < 1.29 is 9.90 Å². The van der Waals surface area contributed by atoms with Crippen LogP contribution in [0.15, 0.2) is 0 Å². The van der Waals surface area contributed by atoms with E-state index < -0.39 is 5.92 Å². The molecule has 0 bridgehead atoms. The predicted octanol–water partition coefficient (Wildman–Crippen LogP) is 1.31. The molecule has 104 valence electrons. The summed E-state index contributed by atoms with van der Waals surface area (Å²) >= 11 is 5.02. The van der Waals surface area contributed by atoms with E-state index >= 15 is 0 Å². The minimum Gasteiger partial charge on any atom is -0.394 e. The Kier molecular flexibility index (Phi) is 6.02. The Morgan fingerprint density at radius 1 is 1.44 bits per heavy atom. The van der Waals surface area contributed by atoms with E-state index in [4.69, 9.17) is 18.0 Å². The molecule has 1 amide bonds. The fourth-order valence-corrected chi connectivity index (χ4v) is 2.94. The molecular formula is C13H24N2O2S. The van der Waals surface area contributed by atoms with Gasteiger partial charge in [-0.1, -0.05) is 38.9 Å². The van der Waals surface area contributed by atoms with Crippen LogP contribution in [0.2, 0.25) is 0 Å². The quantitative estimate of drug-likeness (QED) is 0.757. The van der Waals surface area contributed by atoms with Gasteiger partial charge in [0.1, 0.15) is 0 Å². The topological polar surface area (TPSA) is 66.6 Å². The summed E-state index contributed by atoms with van der Waals surface area (Å²) in [5.74, 6) is -0.330. The van der Waals surface area contributed by atoms with Crippen LogP contribution in [0.5, 0.6) is 0 Å². The van der Waals surface area contributed by atoms with Crippen LogP contribution in [0, 0.1) is 11.8 Å². The van der Waals surface area contributed by atoms with E-state index in [1.54, 1.807) is 4.90 Å². The fraction of sp³-hybridized carbons (Fsp3) is 0.846. The van der Waals surface area contributed by atoms with Crippen LogP contribution in [-0.4, -0.2) is 40.1 Å². The van der Waals surface area contributed by atoms with E-state index in [9.17, 15) is 9.90 Å². The lowest BCUT2D eigenvalue weighted by Gasteiger charge is -2.33. The van der Waals surface area contributed by atoms with Crippen molar-refractivity contribution in [2.45, 2.75) is 45.6 Å². The van der Waals surface area contributed by atoms with E-state index in [0.29, 0.717) is 6.54 Å². The second-order valence-corrected chi connectivity index (χ2v) is 5.81. The number of carbonyl (C=O) groups excluding carboxylic acids is 1. The van der Waals surface area contributed by atoms with E-state index in [1.165, 1.54) is 0 Å². The van der Waals surface area contributed by atoms with Crippen molar-refractivity contribution in [2.75, 3.05) is 13.2 Å². The Balaban J connectivity index is 2.86. The Hall–Kier alpha value is -0.680. The summed E-state index contributed by atoms with van der Waals surface area (Å²) in [6, 6.07) is -0.0735. The molecule has 1 saturated heterocycles. The number of hydrogen-bond donors (Lipinski definition) is 2. The molecular weight excluding hydrogens is 248 g/mol. The predicted molar refractivity (Wildman–Crippen MR) is 76.2 cm³/mol. The SMILES string of the molecule is CC(C)C(C(=O)N1CCCCCC1CO)C(N)=S. The lowest BCUT2D eigenvalue weighted by atomic mass is 9.93. The number of amides is 1. The van der Waals surface area contributed by atoms with Crippen LogP contribution in [0.1, 0.15) is 39.5 Å². The van der Waals surface area contributed by atoms with Crippen molar-refractivity contribution >= 4 is 23.1 Å². The van der Waals surface area contributed by atoms with E-state index in [1.807, 2.05) is 13.8 Å². The summed E-state index contributed by atoms with van der Waals surface area (Å²) in [7, 11) is 0. The van der Waals surface area contributed by atoms with Crippen molar-refractivity contribution in [1.82, 2.24) is 4.90 Å². The first-order valence-corrected chi connectivity index (χ1v) is 7.10. The molecule has 4 nitrogen and oxygen atoms in total. The Morgan fingerprint density at radius 2 is 2.11 bits per heavy atom. The van der Waals surface area contributed by atoms with E-state index in [2.05, 4.69) is 0 Å². The minimum absolute atomic E-state index is 0.0153. The van der Waals surface area contributed by atoms with Gasteiger partial charge in [-0.15, -0.1) is 0 Å². The van der Waals surface area contributed by atoms with Crippen molar-refractivity contribution in [3.63, 3.8) is 0 Å². The Labute approximate surface area is 115 Å². The standard InChI is InChI=1S/C13H24N2O2S/c1-9(2)11(12(14)18)13(17)15-7-5-3-4-6-10(15)8-16/h9-11,16H,3-8H2,1-2H3,(H2,14,18). The largest absolute Gasteiger partial charge is 0.394 e. The van der Waals surface area contributed by atoms with E-state index in [-0.39, 0.29) is 29.5 Å². The van der Waals surface area contributed by atoms with Gasteiger partial charge in [0.25, 0.3) is 0 Å². The highest BCUT2D eigenvalue weighted by Crippen LogP contribution is 2.22. The first-order valence-electron chi connectivity index (χ1n) is 6.69. The van der Waals surface area contributed by atoms with Gasteiger partial charge in [0.15, 0.2) is 0 Å². The third-order valence-corrected chi connectivity index (χ3v) is 3.86. The van der Waals surface area contributed by atoms with Gasteiger partial charge in [0, 0.05) is 6.54 Å². The molecule has 0 saturated carbocycles. The highest BCUT2D eigenvalue weighted by molar-refractivity contribution is 7.80. The van der Waals surface area contributed by atoms with Crippen molar-refractivity contribution in [3.8, 4) is 0 Å². The monoisotopic (exact) mass is 272 g/mol. The van der Waals surface area contributed by atoms with Crippen molar-refractivity contribution in [2.24, 2.45) is 17.6 Å². The lowest BCUT2D eigenvalue weighted by Crippen LogP contribution is -2.49. The molecule has 5 heteroatoms. The van der Waals surface area contributed by atoms with Gasteiger partial charge in [-0.25, -0.2) is 0 Å². The van der Waals surface area contributed by atoms with Gasteiger partial charge < -0.3 is 15.7 Å². The number of nitrogens with zero attached hydrogens (tertiary/aromatic N) is 1. The van der Waals surface area contributed by atoms with Crippen LogP contribution in [-0.2, 0) is 4.79 Å². The molecule has 1 rings (SSSR count). The molecule has 3 N–H and O–H groups in total. The summed E-state index contributed by atoms with van der Waals surface area (Å²) in [6.45, 7) is 4.63. The number of carbonyl (C=O) groups is 1. The molecule has 1 fully saturated rings. The number of likely N-dealkylation sites (tertiary alicyclic amines) is 1. The zero-order chi connectivity index (χ0) is 13.7. The molecule has 1 heterocycles. The number of hydrogen-bond acceptors (Lipinski definition) is 3. The zero-order valence-corrected chi connectivity index (χ0v) is 12.1. The third-order valence-electron chi connectivity index (χ3n) is 3.61. The maximum absolute atomic E-state index is 12.6. The molecule has 1 aliphatic heterocycles. The summed E-state index contributed by atoms with van der Waals surface area (Å²) < 4.78 is 0. The highest BCUT2D eigenvalue weighted by Gasteiger charge is 2.33. The molecule has 18 heavy (non-hydrogen) atoms. The van der Waals surface area contributed by atoms with Gasteiger partial charge in [0.2, 0.25) is 5.91 Å². The van der Waals surface area contributed by atoms with Crippen LogP contribution >= 0.6 is 12.2 Å². The van der Waals surface area contributed by atoms with Crippen LogP contribution in [0.4, 0.5) is 0 Å². The minimum atomic E-state index is -0.410. The van der Waals surface area contributed by atoms with Crippen LogP contribution < -0.4 is 5.73 Å². The molecule has 1 aliphatic rings. The molecule has 2 atom stereocenters. The highest BCUT2D eigenvalue weighted by atomic mass is 32.1. The average Bonchev–Trinajstić information content (AvgIpc) is 2.52. The first-order chi connectivity index (χ1) is 8.49. The van der Waals surface area contributed by atoms with Gasteiger partial charge in [-0.05, 0) is 18.8 Å². The number of aliphatic hydroxyl groups is 1. The molecule has 0 radical (unpaired) electrons. The zero-order valence-electron chi connectivity index (χ0n) is 11.3. The van der Waals surface area contributed by atoms with Gasteiger partial charge in [-0.2, -0.15) is 0 Å². The first kappa shape index (κ1) is 15.4. The second-order valence-electron chi connectivity index (χ2n) is 5.34. The fourth-order valence-electron chi connectivity index (χ4n) is 2.57. The summed E-state index contributed by atoms with van der Waals surface area (Å²) in [4.78, 5) is 14.6. The van der Waals surface area contributed by atoms with Crippen molar-refractivity contribution in [3.05, 3.63) is 0 Å². The van der Waals surface area contributed by atoms with Crippen molar-refractivity contribution in [1.29, 1.82) is 0 Å². The summed E-state index contributed by atoms with van der Waals surface area (Å²) in [5.41, 5.74) is 5.69. The third kappa shape index (κ3) is 3.65. The summed E-state index contributed by atoms with van der Waals surface area (Å²) in [6.07, 6.45) is 4.03. The number of aliphatic hydroxyl groups excluding tert-OH is 1.